The van der Waals surface area contributed by atoms with Crippen LogP contribution in [0.15, 0.2) is 66.2 Å². The van der Waals surface area contributed by atoms with Crippen LogP contribution < -0.4 is 5.32 Å². The third-order valence-corrected chi connectivity index (χ3v) is 4.42. The summed E-state index contributed by atoms with van der Waals surface area (Å²) in [6.45, 7) is 0.0668. The Hall–Kier alpha value is -3.06. The summed E-state index contributed by atoms with van der Waals surface area (Å²) >= 11 is 1.65. The lowest BCUT2D eigenvalue weighted by atomic mass is 10.2. The van der Waals surface area contributed by atoms with Crippen molar-refractivity contribution in [3.63, 3.8) is 0 Å². The molecule has 0 fully saturated rings. The van der Waals surface area contributed by atoms with Crippen LogP contribution in [0.5, 0.6) is 0 Å². The van der Waals surface area contributed by atoms with Gasteiger partial charge in [0.25, 0.3) is 5.91 Å². The number of benzene rings is 1. The molecule has 1 amide bonds. The minimum absolute atomic E-state index is 0.0668. The Morgan fingerprint density at radius 3 is 2.92 bits per heavy atom. The van der Waals surface area contributed by atoms with Gasteiger partial charge in [-0.15, -0.1) is 11.3 Å². The molecule has 1 aliphatic rings. The number of rotatable bonds is 4. The molecule has 0 radical (unpaired) electrons. The molecule has 3 heterocycles. The molecule has 120 valence electrons. The highest BCUT2D eigenvalue weighted by molar-refractivity contribution is 7.14. The van der Waals surface area contributed by atoms with Gasteiger partial charge in [-0.3, -0.25) is 4.79 Å². The molecule has 0 unspecified atom stereocenters. The van der Waals surface area contributed by atoms with E-state index in [1.165, 1.54) is 6.26 Å². The number of hydrogen-bond acceptors (Lipinski definition) is 5. The third kappa shape index (κ3) is 2.77. The summed E-state index contributed by atoms with van der Waals surface area (Å²) in [5, 5.41) is 9.09. The van der Waals surface area contributed by atoms with Crippen molar-refractivity contribution >= 4 is 22.9 Å². The average molecular weight is 339 g/mol. The lowest BCUT2D eigenvalue weighted by Crippen LogP contribution is -2.14. The minimum Gasteiger partial charge on any atom is -0.461 e. The molecule has 6 nitrogen and oxygen atoms in total. The Balaban J connectivity index is 1.58. The number of amides is 1. The first-order valence-corrected chi connectivity index (χ1v) is 8.13. The zero-order valence-corrected chi connectivity index (χ0v) is 13.3. The number of carbonyl (C=O) groups is 1. The molecular formula is C17H13N3O3S. The standard InChI is InChI=1S/C17H13N3O3S/c21-17(15-10-22-11-23-15)19-13-8-18-20(9-13)14-6-7-24-16(14)12-4-2-1-3-5-12/h1-10H,11H2,(H,19,21). The van der Waals surface area contributed by atoms with Crippen LogP contribution in [-0.4, -0.2) is 22.5 Å². The summed E-state index contributed by atoms with van der Waals surface area (Å²) in [7, 11) is 0. The number of anilines is 1. The lowest BCUT2D eigenvalue weighted by Gasteiger charge is -2.04. The monoisotopic (exact) mass is 339 g/mol. The molecular weight excluding hydrogens is 326 g/mol. The Labute approximate surface area is 141 Å². The fourth-order valence-electron chi connectivity index (χ4n) is 2.36. The summed E-state index contributed by atoms with van der Waals surface area (Å²) < 4.78 is 11.7. The van der Waals surface area contributed by atoms with Gasteiger partial charge in [0.1, 0.15) is 6.26 Å². The summed E-state index contributed by atoms with van der Waals surface area (Å²) in [5.74, 6) is -0.205. The smallest absolute Gasteiger partial charge is 0.294 e. The summed E-state index contributed by atoms with van der Waals surface area (Å²) in [6, 6.07) is 12.1. The zero-order chi connectivity index (χ0) is 16.4. The first-order valence-electron chi connectivity index (χ1n) is 7.25. The van der Waals surface area contributed by atoms with Gasteiger partial charge in [0.05, 0.1) is 28.6 Å². The normalized spacial score (nSPS) is 13.1. The number of thiophene rings is 1. The van der Waals surface area contributed by atoms with E-state index in [1.54, 1.807) is 28.4 Å². The van der Waals surface area contributed by atoms with Crippen molar-refractivity contribution in [3.8, 4) is 16.1 Å². The van der Waals surface area contributed by atoms with Crippen LogP contribution in [0.1, 0.15) is 0 Å². The quantitative estimate of drug-likeness (QED) is 0.791. The average Bonchev–Trinajstić information content (AvgIpc) is 3.36. The number of carbonyl (C=O) groups excluding carboxylic acids is 1. The van der Waals surface area contributed by atoms with Gasteiger partial charge < -0.3 is 14.8 Å². The number of aromatic nitrogens is 2. The highest BCUT2D eigenvalue weighted by Crippen LogP contribution is 2.32. The van der Waals surface area contributed by atoms with E-state index in [9.17, 15) is 4.79 Å². The zero-order valence-electron chi connectivity index (χ0n) is 12.5. The van der Waals surface area contributed by atoms with Crippen molar-refractivity contribution < 1.29 is 14.3 Å². The SMILES string of the molecule is O=C(Nc1cnn(-c2ccsc2-c2ccccc2)c1)C1=COCO1. The summed E-state index contributed by atoms with van der Waals surface area (Å²) in [6.07, 6.45) is 4.66. The van der Waals surface area contributed by atoms with Crippen LogP contribution in [0.4, 0.5) is 5.69 Å². The molecule has 0 spiro atoms. The first kappa shape index (κ1) is 14.5. The van der Waals surface area contributed by atoms with Crippen molar-refractivity contribution in [2.45, 2.75) is 0 Å². The Kier molecular flexibility index (Phi) is 3.76. The lowest BCUT2D eigenvalue weighted by molar-refractivity contribution is -0.116. The molecule has 0 bridgehead atoms. The van der Waals surface area contributed by atoms with E-state index in [2.05, 4.69) is 22.5 Å². The van der Waals surface area contributed by atoms with E-state index in [-0.39, 0.29) is 18.5 Å². The van der Waals surface area contributed by atoms with Gasteiger partial charge in [-0.05, 0) is 17.0 Å². The highest BCUT2D eigenvalue weighted by atomic mass is 32.1. The summed E-state index contributed by atoms with van der Waals surface area (Å²) in [4.78, 5) is 13.1. The van der Waals surface area contributed by atoms with E-state index in [0.29, 0.717) is 5.69 Å². The van der Waals surface area contributed by atoms with Crippen molar-refractivity contribution in [3.05, 3.63) is 66.2 Å². The second-order valence-corrected chi connectivity index (χ2v) is 5.96. The van der Waals surface area contributed by atoms with Crippen LogP contribution in [-0.2, 0) is 14.3 Å². The first-order chi connectivity index (χ1) is 11.8. The predicted octanol–water partition coefficient (Wildman–Crippen LogP) is 3.39. The number of ether oxygens (including phenoxy) is 2. The maximum Gasteiger partial charge on any atom is 0.294 e. The molecule has 0 saturated carbocycles. The molecule has 1 aliphatic heterocycles. The van der Waals surface area contributed by atoms with Gasteiger partial charge in [-0.1, -0.05) is 30.3 Å². The van der Waals surface area contributed by atoms with Crippen LogP contribution in [0, 0.1) is 0 Å². The van der Waals surface area contributed by atoms with Crippen molar-refractivity contribution in [2.75, 3.05) is 12.1 Å². The van der Waals surface area contributed by atoms with Gasteiger partial charge in [0.15, 0.2) is 0 Å². The molecule has 7 heteroatoms. The molecule has 2 aromatic heterocycles. The molecule has 24 heavy (non-hydrogen) atoms. The second kappa shape index (κ2) is 6.21. The van der Waals surface area contributed by atoms with Crippen LogP contribution >= 0.6 is 11.3 Å². The molecule has 0 saturated heterocycles. The second-order valence-electron chi connectivity index (χ2n) is 5.04. The molecule has 0 atom stereocenters. The van der Waals surface area contributed by atoms with Gasteiger partial charge in [-0.25, -0.2) is 4.68 Å². The number of hydrogen-bond donors (Lipinski definition) is 1. The molecule has 4 rings (SSSR count). The van der Waals surface area contributed by atoms with Crippen LogP contribution in [0.25, 0.3) is 16.1 Å². The maximum absolute atomic E-state index is 12.0. The number of nitrogens with one attached hydrogen (secondary N) is 1. The van der Waals surface area contributed by atoms with Gasteiger partial charge in [-0.2, -0.15) is 5.10 Å². The van der Waals surface area contributed by atoms with E-state index < -0.39 is 0 Å². The van der Waals surface area contributed by atoms with E-state index in [1.807, 2.05) is 29.6 Å². The van der Waals surface area contributed by atoms with E-state index in [0.717, 1.165) is 16.1 Å². The van der Waals surface area contributed by atoms with Crippen molar-refractivity contribution in [1.29, 1.82) is 0 Å². The largest absolute Gasteiger partial charge is 0.461 e. The molecule has 1 N–H and O–H groups in total. The van der Waals surface area contributed by atoms with Gasteiger partial charge in [0.2, 0.25) is 12.6 Å². The highest BCUT2D eigenvalue weighted by Gasteiger charge is 2.17. The Morgan fingerprint density at radius 2 is 2.12 bits per heavy atom. The maximum atomic E-state index is 12.0. The number of nitrogens with zero attached hydrogens (tertiary/aromatic N) is 2. The molecule has 0 aliphatic carbocycles. The predicted molar refractivity (Wildman–Crippen MR) is 90.6 cm³/mol. The Morgan fingerprint density at radius 1 is 1.25 bits per heavy atom. The molecule has 3 aromatic rings. The topological polar surface area (TPSA) is 65.4 Å². The fourth-order valence-corrected chi connectivity index (χ4v) is 3.25. The van der Waals surface area contributed by atoms with Crippen LogP contribution in [0.3, 0.4) is 0 Å². The van der Waals surface area contributed by atoms with E-state index >= 15 is 0 Å². The fraction of sp³-hybridized carbons (Fsp3) is 0.0588. The Bertz CT molecular complexity index is 899. The van der Waals surface area contributed by atoms with Crippen LogP contribution in [0.2, 0.25) is 0 Å². The third-order valence-electron chi connectivity index (χ3n) is 3.46. The van der Waals surface area contributed by atoms with Gasteiger partial charge in [0, 0.05) is 0 Å². The van der Waals surface area contributed by atoms with Crippen molar-refractivity contribution in [2.24, 2.45) is 0 Å². The van der Waals surface area contributed by atoms with Gasteiger partial charge >= 0.3 is 0 Å². The minimum atomic E-state index is -0.361. The summed E-state index contributed by atoms with van der Waals surface area (Å²) in [5.41, 5.74) is 2.68. The van der Waals surface area contributed by atoms with E-state index in [4.69, 9.17) is 9.47 Å². The molecule has 1 aromatic carbocycles. The van der Waals surface area contributed by atoms with Crippen molar-refractivity contribution in [1.82, 2.24) is 9.78 Å².